The lowest BCUT2D eigenvalue weighted by Gasteiger charge is -2.06. The maximum absolute atomic E-state index is 14.1. The maximum atomic E-state index is 14.1. The van der Waals surface area contributed by atoms with Crippen LogP contribution in [0.2, 0.25) is 0 Å². The predicted molar refractivity (Wildman–Crippen MR) is 106 cm³/mol. The van der Waals surface area contributed by atoms with Crippen molar-refractivity contribution in [3.8, 4) is 6.07 Å². The van der Waals surface area contributed by atoms with Crippen LogP contribution in [0.15, 0.2) is 60.3 Å². The molecule has 1 heterocycles. The molecule has 0 saturated heterocycles. The van der Waals surface area contributed by atoms with Crippen molar-refractivity contribution in [2.75, 3.05) is 20.3 Å². The number of ether oxygens (including phenoxy) is 1. The molecule has 0 fully saturated rings. The predicted octanol–water partition coefficient (Wildman–Crippen LogP) is 3.50. The number of hydrogen-bond donors (Lipinski definition) is 1. The second kappa shape index (κ2) is 8.98. The fraction of sp³-hybridized carbons (Fsp3) is 0.182. The van der Waals surface area contributed by atoms with Crippen LogP contribution < -0.4 is 5.32 Å². The van der Waals surface area contributed by atoms with Gasteiger partial charge in [-0.05, 0) is 18.2 Å². The number of fused-ring (bicyclic) bond motifs is 1. The SMILES string of the molecule is COCCNC(=O)C(C#N)=Cc1cn(Cc2ccccc2F)c2ccccc12. The standard InChI is InChI=1S/C22H20FN3O2/c1-28-11-10-25-22(27)17(13-24)12-18-15-26(21-9-5-3-7-19(18)21)14-16-6-2-4-8-20(16)23/h2-9,12,15H,10-11,14H2,1H3,(H,25,27). The third-order valence-corrected chi connectivity index (χ3v) is 4.37. The quantitative estimate of drug-likeness (QED) is 0.389. The number of amides is 1. The van der Waals surface area contributed by atoms with Crippen LogP contribution >= 0.6 is 0 Å². The lowest BCUT2D eigenvalue weighted by atomic mass is 10.1. The molecule has 1 aromatic heterocycles. The molecule has 0 aliphatic rings. The summed E-state index contributed by atoms with van der Waals surface area (Å²) in [4.78, 5) is 12.2. The number of nitrogens with zero attached hydrogens (tertiary/aromatic N) is 2. The van der Waals surface area contributed by atoms with Gasteiger partial charge in [0.25, 0.3) is 5.91 Å². The number of nitrogens with one attached hydrogen (secondary N) is 1. The molecule has 3 aromatic rings. The van der Waals surface area contributed by atoms with E-state index in [1.807, 2.05) is 41.1 Å². The van der Waals surface area contributed by atoms with E-state index in [2.05, 4.69) is 5.32 Å². The fourth-order valence-corrected chi connectivity index (χ4v) is 3.00. The van der Waals surface area contributed by atoms with Crippen LogP contribution in [-0.4, -0.2) is 30.7 Å². The Kier molecular flexibility index (Phi) is 6.20. The summed E-state index contributed by atoms with van der Waals surface area (Å²) < 4.78 is 20.9. The number of nitriles is 1. The van der Waals surface area contributed by atoms with Crippen molar-refractivity contribution in [2.45, 2.75) is 6.54 Å². The van der Waals surface area contributed by atoms with Crippen molar-refractivity contribution in [1.29, 1.82) is 5.26 Å². The molecule has 3 rings (SSSR count). The smallest absolute Gasteiger partial charge is 0.262 e. The Balaban J connectivity index is 1.97. The Morgan fingerprint density at radius 3 is 2.75 bits per heavy atom. The molecule has 0 radical (unpaired) electrons. The first kappa shape index (κ1) is 19.3. The fourth-order valence-electron chi connectivity index (χ4n) is 3.00. The molecule has 0 unspecified atom stereocenters. The summed E-state index contributed by atoms with van der Waals surface area (Å²) in [5.41, 5.74) is 2.20. The summed E-state index contributed by atoms with van der Waals surface area (Å²) >= 11 is 0. The molecule has 0 atom stereocenters. The number of para-hydroxylation sites is 1. The van der Waals surface area contributed by atoms with E-state index < -0.39 is 5.91 Å². The highest BCUT2D eigenvalue weighted by atomic mass is 19.1. The van der Waals surface area contributed by atoms with E-state index in [1.54, 1.807) is 24.3 Å². The zero-order chi connectivity index (χ0) is 19.9. The molecule has 0 saturated carbocycles. The molecule has 142 valence electrons. The normalized spacial score (nSPS) is 11.4. The van der Waals surface area contributed by atoms with Gasteiger partial charge in [-0.1, -0.05) is 36.4 Å². The van der Waals surface area contributed by atoms with Gasteiger partial charge >= 0.3 is 0 Å². The average Bonchev–Trinajstić information content (AvgIpc) is 3.05. The molecule has 1 amide bonds. The van der Waals surface area contributed by atoms with Crippen LogP contribution in [0.4, 0.5) is 4.39 Å². The summed E-state index contributed by atoms with van der Waals surface area (Å²) in [5, 5.41) is 12.9. The number of aromatic nitrogens is 1. The van der Waals surface area contributed by atoms with Gasteiger partial charge in [0, 0.05) is 41.9 Å². The highest BCUT2D eigenvalue weighted by Gasteiger charge is 2.13. The van der Waals surface area contributed by atoms with Gasteiger partial charge < -0.3 is 14.6 Å². The lowest BCUT2D eigenvalue weighted by molar-refractivity contribution is -0.117. The van der Waals surface area contributed by atoms with E-state index in [9.17, 15) is 14.4 Å². The van der Waals surface area contributed by atoms with Gasteiger partial charge in [0.05, 0.1) is 13.2 Å². The summed E-state index contributed by atoms with van der Waals surface area (Å²) in [6.45, 7) is 1.04. The third-order valence-electron chi connectivity index (χ3n) is 4.37. The molecule has 0 aliphatic heterocycles. The van der Waals surface area contributed by atoms with E-state index >= 15 is 0 Å². The Bertz CT molecular complexity index is 1060. The van der Waals surface area contributed by atoms with Gasteiger partial charge in [-0.2, -0.15) is 5.26 Å². The van der Waals surface area contributed by atoms with Crippen molar-refractivity contribution in [2.24, 2.45) is 0 Å². The van der Waals surface area contributed by atoms with Gasteiger partial charge in [0.15, 0.2) is 0 Å². The van der Waals surface area contributed by atoms with E-state index in [1.165, 1.54) is 13.2 Å². The first-order valence-corrected chi connectivity index (χ1v) is 8.84. The van der Waals surface area contributed by atoms with Gasteiger partial charge in [0.1, 0.15) is 17.5 Å². The lowest BCUT2D eigenvalue weighted by Crippen LogP contribution is -2.27. The van der Waals surface area contributed by atoms with Gasteiger partial charge in [0.2, 0.25) is 0 Å². The number of carbonyl (C=O) groups is 1. The minimum atomic E-state index is -0.453. The number of carbonyl (C=O) groups excluding carboxylic acids is 1. The number of methoxy groups -OCH3 is 1. The van der Waals surface area contributed by atoms with Crippen LogP contribution in [0.1, 0.15) is 11.1 Å². The maximum Gasteiger partial charge on any atom is 0.262 e. The zero-order valence-corrected chi connectivity index (χ0v) is 15.5. The first-order chi connectivity index (χ1) is 13.6. The minimum absolute atomic E-state index is 0.00453. The van der Waals surface area contributed by atoms with E-state index in [0.717, 1.165) is 16.5 Å². The Morgan fingerprint density at radius 2 is 2.00 bits per heavy atom. The number of benzene rings is 2. The van der Waals surface area contributed by atoms with Gasteiger partial charge in [-0.15, -0.1) is 0 Å². The number of hydrogen-bond acceptors (Lipinski definition) is 3. The Hall–Kier alpha value is -3.43. The van der Waals surface area contributed by atoms with Gasteiger partial charge in [-0.25, -0.2) is 4.39 Å². The van der Waals surface area contributed by atoms with Crippen molar-refractivity contribution >= 4 is 22.9 Å². The highest BCUT2D eigenvalue weighted by molar-refractivity contribution is 6.04. The molecule has 5 nitrogen and oxygen atoms in total. The van der Waals surface area contributed by atoms with Crippen LogP contribution in [-0.2, 0) is 16.1 Å². The molecular weight excluding hydrogens is 357 g/mol. The van der Waals surface area contributed by atoms with Crippen LogP contribution in [0, 0.1) is 17.1 Å². The molecule has 0 spiro atoms. The van der Waals surface area contributed by atoms with Crippen molar-refractivity contribution in [1.82, 2.24) is 9.88 Å². The molecular formula is C22H20FN3O2. The van der Waals surface area contributed by atoms with Crippen molar-refractivity contribution < 1.29 is 13.9 Å². The Labute approximate surface area is 162 Å². The number of rotatable bonds is 7. The topological polar surface area (TPSA) is 67.0 Å². The average molecular weight is 377 g/mol. The van der Waals surface area contributed by atoms with E-state index in [4.69, 9.17) is 4.74 Å². The second-order valence-corrected chi connectivity index (χ2v) is 6.24. The van der Waals surface area contributed by atoms with Crippen LogP contribution in [0.3, 0.4) is 0 Å². The minimum Gasteiger partial charge on any atom is -0.383 e. The van der Waals surface area contributed by atoms with Crippen LogP contribution in [0.5, 0.6) is 0 Å². The summed E-state index contributed by atoms with van der Waals surface area (Å²) in [5.74, 6) is -0.724. The zero-order valence-electron chi connectivity index (χ0n) is 15.5. The molecule has 6 heteroatoms. The summed E-state index contributed by atoms with van der Waals surface area (Å²) in [6, 6.07) is 16.2. The Morgan fingerprint density at radius 1 is 1.25 bits per heavy atom. The number of halogens is 1. The molecule has 2 aromatic carbocycles. The summed E-state index contributed by atoms with van der Waals surface area (Å²) in [7, 11) is 1.54. The van der Waals surface area contributed by atoms with Gasteiger partial charge in [-0.3, -0.25) is 4.79 Å². The summed E-state index contributed by atoms with van der Waals surface area (Å²) in [6.07, 6.45) is 3.39. The molecule has 1 N–H and O–H groups in total. The molecule has 0 aliphatic carbocycles. The first-order valence-electron chi connectivity index (χ1n) is 8.84. The second-order valence-electron chi connectivity index (χ2n) is 6.24. The van der Waals surface area contributed by atoms with Crippen molar-refractivity contribution in [3.63, 3.8) is 0 Å². The monoisotopic (exact) mass is 377 g/mol. The third kappa shape index (κ3) is 4.27. The van der Waals surface area contributed by atoms with Crippen molar-refractivity contribution in [3.05, 3.63) is 77.2 Å². The van der Waals surface area contributed by atoms with Crippen LogP contribution in [0.25, 0.3) is 17.0 Å². The molecule has 0 bridgehead atoms. The van der Waals surface area contributed by atoms with E-state index in [0.29, 0.717) is 25.3 Å². The highest BCUT2D eigenvalue weighted by Crippen LogP contribution is 2.25. The largest absolute Gasteiger partial charge is 0.383 e. The van der Waals surface area contributed by atoms with E-state index in [-0.39, 0.29) is 11.4 Å². The molecule has 28 heavy (non-hydrogen) atoms.